The van der Waals surface area contributed by atoms with Gasteiger partial charge in [-0.15, -0.1) is 0 Å². The fraction of sp³-hybridized carbons (Fsp3) is 0.435. The fourth-order valence-corrected chi connectivity index (χ4v) is 4.18. The number of rotatable bonds is 4. The molecule has 4 rings (SSSR count). The number of aryl methyl sites for hydroxylation is 2. The Kier molecular flexibility index (Phi) is 4.79. The van der Waals surface area contributed by atoms with E-state index < -0.39 is 0 Å². The van der Waals surface area contributed by atoms with Crippen LogP contribution >= 0.6 is 0 Å². The summed E-state index contributed by atoms with van der Waals surface area (Å²) in [5.74, 6) is 0.151. The first-order valence-electron chi connectivity index (χ1n) is 10.2. The SMILES string of the molecule is CCC(C)NCc1cc2cc3c(cc2n1C)CCCc1c-3[nH]c(=O)c(C)c1O. The summed E-state index contributed by atoms with van der Waals surface area (Å²) in [6.07, 6.45) is 3.77. The topological polar surface area (TPSA) is 70.0 Å². The van der Waals surface area contributed by atoms with Gasteiger partial charge in [-0.2, -0.15) is 0 Å². The molecule has 28 heavy (non-hydrogen) atoms. The summed E-state index contributed by atoms with van der Waals surface area (Å²) >= 11 is 0. The Labute approximate surface area is 165 Å². The van der Waals surface area contributed by atoms with Crippen LogP contribution in [0, 0.1) is 6.92 Å². The van der Waals surface area contributed by atoms with Crippen molar-refractivity contribution < 1.29 is 5.11 Å². The zero-order chi connectivity index (χ0) is 20.0. The number of nitrogens with one attached hydrogen (secondary N) is 2. The predicted octanol–water partition coefficient (Wildman–Crippen LogP) is 3.92. The maximum atomic E-state index is 12.3. The van der Waals surface area contributed by atoms with Gasteiger partial charge in [-0.05, 0) is 63.3 Å². The molecule has 3 N–H and O–H groups in total. The quantitative estimate of drug-likeness (QED) is 0.643. The van der Waals surface area contributed by atoms with Crippen molar-refractivity contribution in [3.8, 4) is 17.0 Å². The van der Waals surface area contributed by atoms with Crippen molar-refractivity contribution >= 4 is 10.9 Å². The van der Waals surface area contributed by atoms with Gasteiger partial charge in [-0.25, -0.2) is 0 Å². The number of aromatic amines is 1. The Hall–Kier alpha value is -2.53. The summed E-state index contributed by atoms with van der Waals surface area (Å²) in [7, 11) is 2.12. The monoisotopic (exact) mass is 379 g/mol. The Morgan fingerprint density at radius 3 is 2.82 bits per heavy atom. The minimum atomic E-state index is -0.212. The van der Waals surface area contributed by atoms with Gasteiger partial charge < -0.3 is 20.0 Å². The van der Waals surface area contributed by atoms with Gasteiger partial charge in [-0.3, -0.25) is 4.79 Å². The molecule has 1 aliphatic carbocycles. The molecule has 148 valence electrons. The average Bonchev–Trinajstić information content (AvgIpc) is 2.88. The summed E-state index contributed by atoms with van der Waals surface area (Å²) < 4.78 is 2.26. The molecule has 2 heterocycles. The van der Waals surface area contributed by atoms with Crippen molar-refractivity contribution in [1.29, 1.82) is 0 Å². The Morgan fingerprint density at radius 1 is 1.29 bits per heavy atom. The number of nitrogens with zero attached hydrogens (tertiary/aromatic N) is 1. The summed E-state index contributed by atoms with van der Waals surface area (Å²) in [6.45, 7) is 6.90. The van der Waals surface area contributed by atoms with E-state index in [1.165, 1.54) is 16.8 Å². The van der Waals surface area contributed by atoms with Crippen LogP contribution in [-0.4, -0.2) is 20.7 Å². The zero-order valence-corrected chi connectivity index (χ0v) is 17.1. The Morgan fingerprint density at radius 2 is 2.07 bits per heavy atom. The van der Waals surface area contributed by atoms with Gasteiger partial charge >= 0.3 is 0 Å². The van der Waals surface area contributed by atoms with E-state index in [1.807, 2.05) is 0 Å². The van der Waals surface area contributed by atoms with Gasteiger partial charge in [0.2, 0.25) is 0 Å². The largest absolute Gasteiger partial charge is 0.507 e. The standard InChI is InChI=1S/C23H29N3O2/c1-5-13(2)24-12-17-9-16-10-19-15(11-20(16)26(17)4)7-6-8-18-21(19)25-23(28)14(3)22(18)27/h9-11,13,24H,5-8,12H2,1-4H3,(H2,25,27,28). The van der Waals surface area contributed by atoms with Gasteiger partial charge in [0, 0.05) is 47.4 Å². The number of benzene rings is 1. The van der Waals surface area contributed by atoms with E-state index in [2.05, 4.69) is 54.0 Å². The van der Waals surface area contributed by atoms with Crippen molar-refractivity contribution in [3.05, 3.63) is 50.9 Å². The molecule has 0 radical (unpaired) electrons. The van der Waals surface area contributed by atoms with E-state index in [0.717, 1.165) is 54.4 Å². The van der Waals surface area contributed by atoms with Gasteiger partial charge in [0.25, 0.3) is 5.56 Å². The zero-order valence-electron chi connectivity index (χ0n) is 17.1. The normalized spacial score (nSPS) is 14.6. The molecule has 3 aromatic rings. The molecule has 5 heteroatoms. The van der Waals surface area contributed by atoms with Crippen LogP contribution in [0.4, 0.5) is 0 Å². The molecule has 0 saturated heterocycles. The van der Waals surface area contributed by atoms with Crippen molar-refractivity contribution in [2.24, 2.45) is 7.05 Å². The first-order valence-corrected chi connectivity index (χ1v) is 10.2. The van der Waals surface area contributed by atoms with Crippen molar-refractivity contribution in [2.45, 2.75) is 59.0 Å². The highest BCUT2D eigenvalue weighted by molar-refractivity contribution is 5.89. The first kappa shape index (κ1) is 18.8. The van der Waals surface area contributed by atoms with Crippen LogP contribution in [0.5, 0.6) is 5.75 Å². The van der Waals surface area contributed by atoms with Crippen LogP contribution in [0.15, 0.2) is 23.0 Å². The molecule has 1 aliphatic rings. The smallest absolute Gasteiger partial charge is 0.255 e. The highest BCUT2D eigenvalue weighted by Gasteiger charge is 2.22. The lowest BCUT2D eigenvalue weighted by atomic mass is 9.98. The molecular weight excluding hydrogens is 350 g/mol. The fourth-order valence-electron chi connectivity index (χ4n) is 4.18. The Bertz CT molecular complexity index is 1110. The van der Waals surface area contributed by atoms with E-state index in [4.69, 9.17) is 0 Å². The van der Waals surface area contributed by atoms with Crippen LogP contribution in [0.1, 0.15) is 49.1 Å². The van der Waals surface area contributed by atoms with Crippen molar-refractivity contribution in [2.75, 3.05) is 0 Å². The van der Waals surface area contributed by atoms with Gasteiger partial charge in [-0.1, -0.05) is 6.92 Å². The number of H-pyrrole nitrogens is 1. The highest BCUT2D eigenvalue weighted by Crippen LogP contribution is 2.38. The number of pyridine rings is 1. The second kappa shape index (κ2) is 7.13. The number of aromatic hydroxyl groups is 1. The van der Waals surface area contributed by atoms with Crippen LogP contribution < -0.4 is 10.9 Å². The lowest BCUT2D eigenvalue weighted by molar-refractivity contribution is 0.461. The highest BCUT2D eigenvalue weighted by atomic mass is 16.3. The molecule has 0 saturated carbocycles. The Balaban J connectivity index is 1.86. The summed E-state index contributed by atoms with van der Waals surface area (Å²) in [6, 6.07) is 7.13. The molecule has 1 atom stereocenters. The van der Waals surface area contributed by atoms with Crippen LogP contribution in [0.2, 0.25) is 0 Å². The van der Waals surface area contributed by atoms with Crippen molar-refractivity contribution in [3.63, 3.8) is 0 Å². The molecule has 0 bridgehead atoms. The van der Waals surface area contributed by atoms with Crippen LogP contribution in [-0.2, 0) is 26.4 Å². The van der Waals surface area contributed by atoms with Crippen molar-refractivity contribution in [1.82, 2.24) is 14.9 Å². The van der Waals surface area contributed by atoms with E-state index >= 15 is 0 Å². The third kappa shape index (κ3) is 3.04. The summed E-state index contributed by atoms with van der Waals surface area (Å²) in [5, 5.41) is 15.3. The van der Waals surface area contributed by atoms with Gasteiger partial charge in [0.05, 0.1) is 11.3 Å². The maximum absolute atomic E-state index is 12.3. The summed E-state index contributed by atoms with van der Waals surface area (Å²) in [5.41, 5.74) is 6.57. The average molecular weight is 380 g/mol. The minimum Gasteiger partial charge on any atom is -0.507 e. The van der Waals surface area contributed by atoms with Crippen LogP contribution in [0.25, 0.3) is 22.2 Å². The third-order valence-corrected chi connectivity index (χ3v) is 6.27. The van der Waals surface area contributed by atoms with Gasteiger partial charge in [0.15, 0.2) is 0 Å². The number of fused-ring (bicyclic) bond motifs is 4. The second-order valence-electron chi connectivity index (χ2n) is 8.09. The maximum Gasteiger partial charge on any atom is 0.255 e. The molecule has 0 spiro atoms. The lowest BCUT2D eigenvalue weighted by Crippen LogP contribution is -2.25. The van der Waals surface area contributed by atoms with E-state index in [1.54, 1.807) is 6.92 Å². The second-order valence-corrected chi connectivity index (χ2v) is 8.09. The number of hydrogen-bond donors (Lipinski definition) is 3. The van der Waals surface area contributed by atoms with Crippen LogP contribution in [0.3, 0.4) is 0 Å². The predicted molar refractivity (Wildman–Crippen MR) is 114 cm³/mol. The molecule has 0 amide bonds. The molecule has 2 aromatic heterocycles. The third-order valence-electron chi connectivity index (χ3n) is 6.27. The molecule has 1 aromatic carbocycles. The lowest BCUT2D eigenvalue weighted by Gasteiger charge is -2.13. The number of aromatic nitrogens is 2. The molecule has 5 nitrogen and oxygen atoms in total. The molecular formula is C23H29N3O2. The molecule has 0 fully saturated rings. The van der Waals surface area contributed by atoms with E-state index in [-0.39, 0.29) is 11.3 Å². The van der Waals surface area contributed by atoms with Gasteiger partial charge in [0.1, 0.15) is 5.75 Å². The van der Waals surface area contributed by atoms with E-state index in [0.29, 0.717) is 11.6 Å². The minimum absolute atomic E-state index is 0.151. The molecule has 1 unspecified atom stereocenters. The summed E-state index contributed by atoms with van der Waals surface area (Å²) in [4.78, 5) is 15.3. The molecule has 0 aliphatic heterocycles. The van der Waals surface area contributed by atoms with E-state index in [9.17, 15) is 9.90 Å². The first-order chi connectivity index (χ1) is 13.4. The number of hydrogen-bond acceptors (Lipinski definition) is 3.